The van der Waals surface area contributed by atoms with Crippen LogP contribution in [0.3, 0.4) is 0 Å². The van der Waals surface area contributed by atoms with Crippen LogP contribution in [0, 0.1) is 0 Å². The number of nitrogens with one attached hydrogen (secondary N) is 1. The predicted molar refractivity (Wildman–Crippen MR) is 141 cm³/mol. The molecule has 7 heteroatoms. The van der Waals surface area contributed by atoms with Crippen LogP contribution in [0.4, 0.5) is 0 Å². The van der Waals surface area contributed by atoms with Gasteiger partial charge in [0.1, 0.15) is 9.84 Å². The molecule has 0 fully saturated rings. The molecule has 5 nitrogen and oxygen atoms in total. The van der Waals surface area contributed by atoms with E-state index < -0.39 is 0 Å². The molecule has 5 aromatic rings. The Bertz CT molecular complexity index is 1470. The van der Waals surface area contributed by atoms with Crippen LogP contribution in [0.15, 0.2) is 65.7 Å². The lowest BCUT2D eigenvalue weighted by Gasteiger charge is -2.23. The van der Waals surface area contributed by atoms with Gasteiger partial charge in [-0.25, -0.2) is 9.97 Å². The molecule has 1 aliphatic rings. The molecule has 0 saturated heterocycles. The molecule has 0 amide bonds. The molecule has 0 bridgehead atoms. The molecule has 3 heterocycles. The van der Waals surface area contributed by atoms with Crippen molar-refractivity contribution >= 4 is 43.1 Å². The number of para-hydroxylation sites is 1. The van der Waals surface area contributed by atoms with Gasteiger partial charge in [0.2, 0.25) is 0 Å². The third-order valence-electron chi connectivity index (χ3n) is 6.62. The van der Waals surface area contributed by atoms with Crippen LogP contribution >= 0.6 is 22.7 Å². The minimum Gasteiger partial charge on any atom is -0.307 e. The lowest BCUT2D eigenvalue weighted by molar-refractivity contribution is 0.462. The third-order valence-corrected chi connectivity index (χ3v) is 8.82. The Morgan fingerprint density at radius 1 is 1.06 bits per heavy atom. The maximum Gasteiger partial charge on any atom is 0.262 e. The van der Waals surface area contributed by atoms with Gasteiger partial charge in [0.05, 0.1) is 21.9 Å². The van der Waals surface area contributed by atoms with E-state index in [9.17, 15) is 4.79 Å². The van der Waals surface area contributed by atoms with Gasteiger partial charge in [-0.1, -0.05) is 42.5 Å². The van der Waals surface area contributed by atoms with Crippen LogP contribution in [0.5, 0.6) is 0 Å². The molecular formula is C27H26N4OS2. The number of hydrogen-bond acceptors (Lipinski definition) is 6. The summed E-state index contributed by atoms with van der Waals surface area (Å²) in [6.07, 6.45) is 6.55. The summed E-state index contributed by atoms with van der Waals surface area (Å²) in [5.41, 5.74) is 3.73. The Morgan fingerprint density at radius 3 is 2.79 bits per heavy atom. The summed E-state index contributed by atoms with van der Waals surface area (Å²) < 4.78 is 3.04. The first kappa shape index (κ1) is 21.6. The Hall–Kier alpha value is -2.87. The number of aromatic nitrogens is 3. The van der Waals surface area contributed by atoms with Gasteiger partial charge in [-0.3, -0.25) is 9.36 Å². The topological polar surface area (TPSA) is 59.8 Å². The smallest absolute Gasteiger partial charge is 0.262 e. The van der Waals surface area contributed by atoms with E-state index >= 15 is 0 Å². The molecule has 0 radical (unpaired) electrons. The maximum atomic E-state index is 13.3. The average Bonchev–Trinajstić information content (AvgIpc) is 3.45. The summed E-state index contributed by atoms with van der Waals surface area (Å²) in [6.45, 7) is 1.49. The second kappa shape index (κ2) is 9.41. The second-order valence-electron chi connectivity index (χ2n) is 8.91. The molecular weight excluding hydrogens is 460 g/mol. The van der Waals surface area contributed by atoms with E-state index in [1.165, 1.54) is 20.7 Å². The van der Waals surface area contributed by atoms with E-state index in [-0.39, 0.29) is 5.56 Å². The number of benzene rings is 2. The Kier molecular flexibility index (Phi) is 5.99. The van der Waals surface area contributed by atoms with Crippen LogP contribution in [-0.2, 0) is 32.4 Å². The molecule has 1 atom stereocenters. The quantitative estimate of drug-likeness (QED) is 0.337. The summed E-state index contributed by atoms with van der Waals surface area (Å²) in [5.74, 6) is 0. The van der Waals surface area contributed by atoms with Crippen molar-refractivity contribution in [3.63, 3.8) is 0 Å². The van der Waals surface area contributed by atoms with Gasteiger partial charge < -0.3 is 5.32 Å². The minimum atomic E-state index is 0.122. The van der Waals surface area contributed by atoms with Crippen molar-refractivity contribution in [2.75, 3.05) is 0 Å². The van der Waals surface area contributed by atoms with Gasteiger partial charge in [-0.2, -0.15) is 0 Å². The summed E-state index contributed by atoms with van der Waals surface area (Å²) in [4.78, 5) is 24.9. The van der Waals surface area contributed by atoms with Crippen molar-refractivity contribution in [1.29, 1.82) is 0 Å². The number of rotatable bonds is 7. The molecule has 34 heavy (non-hydrogen) atoms. The Morgan fingerprint density at radius 2 is 1.91 bits per heavy atom. The molecule has 2 aromatic carbocycles. The van der Waals surface area contributed by atoms with E-state index in [0.717, 1.165) is 59.4 Å². The SMILES string of the molecule is O=c1c2c3c(sc2ncn1CCCc1ccccc1)C[C@@H](NCc1nc2ccccc2s1)CC3. The first-order valence-corrected chi connectivity index (χ1v) is 13.5. The molecule has 0 saturated carbocycles. The number of fused-ring (bicyclic) bond motifs is 4. The van der Waals surface area contributed by atoms with Gasteiger partial charge in [0, 0.05) is 24.0 Å². The highest BCUT2D eigenvalue weighted by Crippen LogP contribution is 2.34. The molecule has 0 spiro atoms. The van der Waals surface area contributed by atoms with Crippen molar-refractivity contribution < 1.29 is 0 Å². The largest absolute Gasteiger partial charge is 0.307 e. The van der Waals surface area contributed by atoms with E-state index in [4.69, 9.17) is 4.98 Å². The summed E-state index contributed by atoms with van der Waals surface area (Å²) in [5, 5.41) is 5.69. The van der Waals surface area contributed by atoms with E-state index in [2.05, 4.69) is 52.8 Å². The first-order valence-electron chi connectivity index (χ1n) is 11.9. The average molecular weight is 487 g/mol. The van der Waals surface area contributed by atoms with Gasteiger partial charge in [0.15, 0.2) is 0 Å². The summed E-state index contributed by atoms with van der Waals surface area (Å²) in [7, 11) is 0. The van der Waals surface area contributed by atoms with Crippen LogP contribution in [-0.4, -0.2) is 20.6 Å². The monoisotopic (exact) mass is 486 g/mol. The summed E-state index contributed by atoms with van der Waals surface area (Å²) >= 11 is 3.45. The zero-order valence-corrected chi connectivity index (χ0v) is 20.5. The van der Waals surface area contributed by atoms with Gasteiger partial charge in [-0.15, -0.1) is 22.7 Å². The normalized spacial score (nSPS) is 15.7. The van der Waals surface area contributed by atoms with Crippen molar-refractivity contribution in [1.82, 2.24) is 19.9 Å². The second-order valence-corrected chi connectivity index (χ2v) is 11.1. The highest BCUT2D eigenvalue weighted by atomic mass is 32.1. The number of aryl methyl sites for hydroxylation is 3. The maximum absolute atomic E-state index is 13.3. The van der Waals surface area contributed by atoms with Crippen molar-refractivity contribution in [2.24, 2.45) is 0 Å². The van der Waals surface area contributed by atoms with Gasteiger partial charge in [-0.05, 0) is 55.4 Å². The van der Waals surface area contributed by atoms with Crippen LogP contribution < -0.4 is 10.9 Å². The standard InChI is InChI=1S/C27H26N4OS2/c32-27-25-20-13-12-19(28-16-24-30-21-10-4-5-11-22(21)33-24)15-23(20)34-26(25)29-17-31(27)14-6-9-18-7-2-1-3-8-18/h1-5,7-8,10-11,17,19,28H,6,9,12-16H2/t19-/m0/s1. The lowest BCUT2D eigenvalue weighted by atomic mass is 9.93. The lowest BCUT2D eigenvalue weighted by Crippen LogP contribution is -2.33. The van der Waals surface area contributed by atoms with Crippen LogP contribution in [0.2, 0.25) is 0 Å². The molecule has 0 aliphatic heterocycles. The highest BCUT2D eigenvalue weighted by molar-refractivity contribution is 7.19. The Labute approximate surface area is 206 Å². The molecule has 1 N–H and O–H groups in total. The Balaban J connectivity index is 1.14. The fraction of sp³-hybridized carbons (Fsp3) is 0.296. The van der Waals surface area contributed by atoms with Crippen molar-refractivity contribution in [2.45, 2.75) is 51.2 Å². The van der Waals surface area contributed by atoms with Crippen molar-refractivity contribution in [3.8, 4) is 0 Å². The fourth-order valence-corrected chi connectivity index (χ4v) is 7.04. The van der Waals surface area contributed by atoms with Gasteiger partial charge >= 0.3 is 0 Å². The van der Waals surface area contributed by atoms with Crippen molar-refractivity contribution in [3.05, 3.63) is 92.3 Å². The zero-order valence-electron chi connectivity index (χ0n) is 18.9. The van der Waals surface area contributed by atoms with Crippen LogP contribution in [0.25, 0.3) is 20.4 Å². The molecule has 1 aliphatic carbocycles. The number of thiazole rings is 1. The van der Waals surface area contributed by atoms with E-state index in [0.29, 0.717) is 12.6 Å². The number of thiophene rings is 1. The number of nitrogens with zero attached hydrogens (tertiary/aromatic N) is 3. The van der Waals surface area contributed by atoms with Crippen LogP contribution in [0.1, 0.15) is 33.9 Å². The molecule has 6 rings (SSSR count). The third kappa shape index (κ3) is 4.31. The first-order chi connectivity index (χ1) is 16.7. The highest BCUT2D eigenvalue weighted by Gasteiger charge is 2.25. The molecule has 172 valence electrons. The number of hydrogen-bond donors (Lipinski definition) is 1. The molecule has 0 unspecified atom stereocenters. The predicted octanol–water partition coefficient (Wildman–Crippen LogP) is 5.35. The minimum absolute atomic E-state index is 0.122. The van der Waals surface area contributed by atoms with E-state index in [1.807, 2.05) is 12.1 Å². The fourth-order valence-electron chi connectivity index (χ4n) is 4.86. The summed E-state index contributed by atoms with van der Waals surface area (Å²) in [6, 6.07) is 19.1. The van der Waals surface area contributed by atoms with Gasteiger partial charge in [0.25, 0.3) is 5.56 Å². The van der Waals surface area contributed by atoms with E-state index in [1.54, 1.807) is 33.6 Å². The zero-order chi connectivity index (χ0) is 22.9. The molecule has 3 aromatic heterocycles.